The quantitative estimate of drug-likeness (QED) is 0.748. The molecule has 25 heavy (non-hydrogen) atoms. The van der Waals surface area contributed by atoms with Crippen molar-refractivity contribution in [3.63, 3.8) is 0 Å². The molecule has 5 heteroatoms. The summed E-state index contributed by atoms with van der Waals surface area (Å²) in [4.78, 5) is 11.7. The van der Waals surface area contributed by atoms with Crippen molar-refractivity contribution in [1.82, 2.24) is 9.97 Å². The molecule has 0 radical (unpaired) electrons. The molecule has 1 aromatic carbocycles. The van der Waals surface area contributed by atoms with Gasteiger partial charge in [-0.25, -0.2) is 9.97 Å². The second-order valence-electron chi connectivity index (χ2n) is 6.54. The van der Waals surface area contributed by atoms with Gasteiger partial charge in [0.05, 0.1) is 5.39 Å². The lowest BCUT2D eigenvalue weighted by atomic mass is 9.97. The zero-order valence-corrected chi connectivity index (χ0v) is 16.1. The minimum atomic E-state index is 0. The molecule has 2 aromatic heterocycles. The van der Waals surface area contributed by atoms with Gasteiger partial charge in [0, 0.05) is 10.6 Å². The van der Waals surface area contributed by atoms with Gasteiger partial charge in [-0.2, -0.15) is 0 Å². The van der Waals surface area contributed by atoms with E-state index in [1.165, 1.54) is 53.5 Å². The van der Waals surface area contributed by atoms with Crippen LogP contribution in [-0.2, 0) is 19.3 Å². The summed E-state index contributed by atoms with van der Waals surface area (Å²) in [6.07, 6.45) is 10.3. The highest BCUT2D eigenvalue weighted by atomic mass is 35.5. The third-order valence-electron chi connectivity index (χ3n) is 4.79. The molecule has 2 heterocycles. The maximum Gasteiger partial charge on any atom is 0.142 e. The van der Waals surface area contributed by atoms with Crippen LogP contribution in [-0.4, -0.2) is 9.97 Å². The van der Waals surface area contributed by atoms with Crippen LogP contribution in [0.25, 0.3) is 10.2 Å². The smallest absolute Gasteiger partial charge is 0.142 e. The third-order valence-corrected chi connectivity index (χ3v) is 5.99. The number of aromatic nitrogens is 2. The highest BCUT2D eigenvalue weighted by Gasteiger charge is 2.19. The Kier molecular flexibility index (Phi) is 5.92. The molecule has 0 atom stereocenters. The number of nitrogens with one attached hydrogen (secondary N) is 1. The van der Waals surface area contributed by atoms with Crippen LogP contribution < -0.4 is 17.7 Å². The van der Waals surface area contributed by atoms with Crippen LogP contribution in [0.1, 0.15) is 48.6 Å². The fourth-order valence-electron chi connectivity index (χ4n) is 3.46. The van der Waals surface area contributed by atoms with Gasteiger partial charge in [-0.3, -0.25) is 0 Å². The maximum atomic E-state index is 4.54. The first kappa shape index (κ1) is 18.2. The van der Waals surface area contributed by atoms with Crippen molar-refractivity contribution in [2.24, 2.45) is 0 Å². The molecule has 0 saturated carbocycles. The molecule has 1 aliphatic carbocycles. The number of unbranched alkanes of at least 4 members (excludes halogenated alkanes) is 1. The molecule has 1 aliphatic rings. The predicted molar refractivity (Wildman–Crippen MR) is 102 cm³/mol. The molecule has 3 aromatic rings. The van der Waals surface area contributed by atoms with Gasteiger partial charge in [0.15, 0.2) is 0 Å². The number of nitrogens with zero attached hydrogens (tertiary/aromatic N) is 2. The zero-order valence-electron chi connectivity index (χ0n) is 14.5. The Labute approximate surface area is 159 Å². The fourth-order valence-corrected chi connectivity index (χ4v) is 4.69. The number of anilines is 2. The van der Waals surface area contributed by atoms with Crippen molar-refractivity contribution in [2.45, 2.75) is 51.9 Å². The number of benzene rings is 1. The van der Waals surface area contributed by atoms with Gasteiger partial charge in [0.2, 0.25) is 0 Å². The summed E-state index contributed by atoms with van der Waals surface area (Å²) in [5, 5.41) is 4.76. The number of hydrogen-bond donors (Lipinski definition) is 1. The molecule has 0 aliphatic heterocycles. The summed E-state index contributed by atoms with van der Waals surface area (Å²) < 4.78 is 0. The first-order valence-corrected chi connectivity index (χ1v) is 9.78. The first-order chi connectivity index (χ1) is 11.8. The van der Waals surface area contributed by atoms with Crippen LogP contribution in [0.15, 0.2) is 30.6 Å². The zero-order chi connectivity index (χ0) is 16.4. The molecule has 0 unspecified atom stereocenters. The van der Waals surface area contributed by atoms with Crippen molar-refractivity contribution in [1.29, 1.82) is 0 Å². The summed E-state index contributed by atoms with van der Waals surface area (Å²) in [5.41, 5.74) is 3.98. The molecule has 0 saturated heterocycles. The number of fused-ring (bicyclic) bond motifs is 3. The van der Waals surface area contributed by atoms with E-state index in [-0.39, 0.29) is 12.4 Å². The Morgan fingerprint density at radius 2 is 1.88 bits per heavy atom. The Hall–Kier alpha value is -1.65. The van der Waals surface area contributed by atoms with E-state index in [1.54, 1.807) is 6.33 Å². The molecule has 1 N–H and O–H groups in total. The van der Waals surface area contributed by atoms with E-state index >= 15 is 0 Å². The number of rotatable bonds is 5. The van der Waals surface area contributed by atoms with Crippen LogP contribution in [0.3, 0.4) is 0 Å². The Morgan fingerprint density at radius 3 is 2.68 bits per heavy atom. The van der Waals surface area contributed by atoms with Crippen molar-refractivity contribution in [3.8, 4) is 0 Å². The van der Waals surface area contributed by atoms with Gasteiger partial charge in [-0.1, -0.05) is 25.5 Å². The number of aryl methyl sites for hydroxylation is 3. The van der Waals surface area contributed by atoms with Gasteiger partial charge in [0.25, 0.3) is 0 Å². The SMILES string of the molecule is CCCCc1ccc(Nc2ncnc3sc4c(c23)CCCC4)cc1.[Cl-]. The lowest BCUT2D eigenvalue weighted by Crippen LogP contribution is -3.00. The van der Waals surface area contributed by atoms with E-state index in [2.05, 4.69) is 46.5 Å². The fraction of sp³-hybridized carbons (Fsp3) is 0.400. The molecule has 4 rings (SSSR count). The number of halogens is 1. The van der Waals surface area contributed by atoms with E-state index in [0.717, 1.165) is 29.2 Å². The molecule has 0 fully saturated rings. The molecule has 3 nitrogen and oxygen atoms in total. The van der Waals surface area contributed by atoms with Crippen LogP contribution in [0, 0.1) is 0 Å². The lowest BCUT2D eigenvalue weighted by Gasteiger charge is -2.12. The number of hydrogen-bond acceptors (Lipinski definition) is 4. The maximum absolute atomic E-state index is 4.54. The first-order valence-electron chi connectivity index (χ1n) is 8.96. The second kappa shape index (κ2) is 8.15. The third kappa shape index (κ3) is 3.80. The van der Waals surface area contributed by atoms with Crippen molar-refractivity contribution in [3.05, 3.63) is 46.6 Å². The summed E-state index contributed by atoms with van der Waals surface area (Å²) in [6.45, 7) is 2.23. The standard InChI is InChI=1S/C20H23N3S.ClH/c1-2-3-6-14-9-11-15(12-10-14)23-19-18-16-7-4-5-8-17(16)24-20(18)22-13-21-19;/h9-13H,2-8H2,1H3,(H,21,22,23);1H/p-1. The van der Waals surface area contributed by atoms with E-state index < -0.39 is 0 Å². The average Bonchev–Trinajstić information content (AvgIpc) is 3.01. The van der Waals surface area contributed by atoms with E-state index in [9.17, 15) is 0 Å². The Bertz CT molecular complexity index is 842. The van der Waals surface area contributed by atoms with E-state index in [0.29, 0.717) is 0 Å². The van der Waals surface area contributed by atoms with E-state index in [4.69, 9.17) is 0 Å². The largest absolute Gasteiger partial charge is 1.00 e. The van der Waals surface area contributed by atoms with Crippen LogP contribution in [0.5, 0.6) is 0 Å². The van der Waals surface area contributed by atoms with Crippen LogP contribution >= 0.6 is 11.3 Å². The number of thiophene rings is 1. The Morgan fingerprint density at radius 1 is 1.08 bits per heavy atom. The average molecular weight is 373 g/mol. The highest BCUT2D eigenvalue weighted by molar-refractivity contribution is 7.19. The van der Waals surface area contributed by atoms with Crippen molar-refractivity contribution >= 4 is 33.1 Å². The van der Waals surface area contributed by atoms with Gasteiger partial charge in [0.1, 0.15) is 17.0 Å². The lowest BCUT2D eigenvalue weighted by molar-refractivity contribution is -0.00000490. The van der Waals surface area contributed by atoms with Crippen LogP contribution in [0.2, 0.25) is 0 Å². The molecular weight excluding hydrogens is 350 g/mol. The molecule has 0 bridgehead atoms. The van der Waals surface area contributed by atoms with Gasteiger partial charge in [-0.15, -0.1) is 11.3 Å². The minimum Gasteiger partial charge on any atom is -1.00 e. The van der Waals surface area contributed by atoms with Crippen molar-refractivity contribution < 1.29 is 12.4 Å². The summed E-state index contributed by atoms with van der Waals surface area (Å²) in [7, 11) is 0. The van der Waals surface area contributed by atoms with Gasteiger partial charge < -0.3 is 17.7 Å². The van der Waals surface area contributed by atoms with Crippen molar-refractivity contribution in [2.75, 3.05) is 5.32 Å². The predicted octanol–water partition coefficient (Wildman–Crippen LogP) is 2.66. The van der Waals surface area contributed by atoms with Crippen LogP contribution in [0.4, 0.5) is 11.5 Å². The Balaban J connectivity index is 0.00000182. The highest BCUT2D eigenvalue weighted by Crippen LogP contribution is 2.38. The van der Waals surface area contributed by atoms with Gasteiger partial charge in [-0.05, 0) is 61.8 Å². The van der Waals surface area contributed by atoms with E-state index in [1.807, 2.05) is 11.3 Å². The molecular formula is C20H23ClN3S-. The monoisotopic (exact) mass is 372 g/mol. The molecule has 0 spiro atoms. The summed E-state index contributed by atoms with van der Waals surface area (Å²) >= 11 is 1.84. The summed E-state index contributed by atoms with van der Waals surface area (Å²) in [5.74, 6) is 0.959. The molecule has 0 amide bonds. The normalized spacial score (nSPS) is 13.3. The summed E-state index contributed by atoms with van der Waals surface area (Å²) in [6, 6.07) is 8.77. The topological polar surface area (TPSA) is 37.8 Å². The molecule has 132 valence electrons. The second-order valence-corrected chi connectivity index (χ2v) is 7.62. The minimum absolute atomic E-state index is 0. The van der Waals surface area contributed by atoms with Gasteiger partial charge >= 0.3 is 0 Å².